The van der Waals surface area contributed by atoms with Crippen LogP contribution >= 0.6 is 34.7 Å². The number of nitrogens with zero attached hydrogens (tertiary/aromatic N) is 4. The van der Waals surface area contributed by atoms with Crippen molar-refractivity contribution in [3.8, 4) is 22.5 Å². The van der Waals surface area contributed by atoms with Crippen molar-refractivity contribution >= 4 is 44.9 Å². The zero-order valence-electron chi connectivity index (χ0n) is 17.8. The van der Waals surface area contributed by atoms with Crippen LogP contribution in [-0.4, -0.2) is 24.8 Å². The van der Waals surface area contributed by atoms with Crippen LogP contribution in [0.3, 0.4) is 0 Å². The Hall–Kier alpha value is -3.14. The summed E-state index contributed by atoms with van der Waals surface area (Å²) in [4.78, 5) is 22.4. The van der Waals surface area contributed by atoms with Gasteiger partial charge in [0.15, 0.2) is 5.82 Å². The minimum absolute atomic E-state index is 0.151. The summed E-state index contributed by atoms with van der Waals surface area (Å²) in [6.45, 7) is 4.06. The molecule has 0 aliphatic carbocycles. The summed E-state index contributed by atoms with van der Waals surface area (Å²) in [5.74, 6) is 7.62. The SMILES string of the molecule is Cc1ccc(-c2c(C)sc3nc(CSc4nnc(-c5ccccc5Cl)n4N)[nH]c(=O)c23)cc1. The van der Waals surface area contributed by atoms with Crippen LogP contribution in [0.2, 0.25) is 5.02 Å². The molecule has 2 aromatic carbocycles. The van der Waals surface area contributed by atoms with Gasteiger partial charge in [-0.15, -0.1) is 21.5 Å². The van der Waals surface area contributed by atoms with E-state index in [4.69, 9.17) is 22.4 Å². The van der Waals surface area contributed by atoms with Crippen LogP contribution in [0.25, 0.3) is 32.7 Å². The lowest BCUT2D eigenvalue weighted by Gasteiger charge is -2.05. The van der Waals surface area contributed by atoms with E-state index in [1.165, 1.54) is 33.3 Å². The van der Waals surface area contributed by atoms with E-state index in [0.717, 1.165) is 16.0 Å². The maximum Gasteiger partial charge on any atom is 0.260 e. The molecule has 0 saturated carbocycles. The van der Waals surface area contributed by atoms with Crippen molar-refractivity contribution in [1.29, 1.82) is 0 Å². The molecule has 0 fully saturated rings. The molecule has 3 heterocycles. The molecule has 5 rings (SSSR count). The summed E-state index contributed by atoms with van der Waals surface area (Å²) < 4.78 is 1.40. The number of hydrogen-bond donors (Lipinski definition) is 2. The van der Waals surface area contributed by atoms with Crippen LogP contribution in [0.4, 0.5) is 0 Å². The summed E-state index contributed by atoms with van der Waals surface area (Å²) >= 11 is 9.12. The molecule has 3 aromatic heterocycles. The second-order valence-electron chi connectivity index (χ2n) is 7.54. The molecule has 0 aliphatic rings. The molecule has 0 atom stereocenters. The molecule has 0 amide bonds. The monoisotopic (exact) mass is 494 g/mol. The lowest BCUT2D eigenvalue weighted by Crippen LogP contribution is -2.13. The van der Waals surface area contributed by atoms with E-state index < -0.39 is 0 Å². The Morgan fingerprint density at radius 2 is 1.88 bits per heavy atom. The summed E-state index contributed by atoms with van der Waals surface area (Å²) in [5.41, 5.74) is 3.68. The van der Waals surface area contributed by atoms with Crippen molar-refractivity contribution in [1.82, 2.24) is 24.8 Å². The number of hydrogen-bond acceptors (Lipinski definition) is 7. The number of aromatic amines is 1. The summed E-state index contributed by atoms with van der Waals surface area (Å²) in [5, 5.41) is 10.0. The van der Waals surface area contributed by atoms with Crippen LogP contribution < -0.4 is 11.4 Å². The molecule has 0 unspecified atom stereocenters. The number of thiophene rings is 1. The third-order valence-corrected chi connectivity index (χ3v) is 7.53. The third kappa shape index (κ3) is 4.03. The highest BCUT2D eigenvalue weighted by molar-refractivity contribution is 7.98. The van der Waals surface area contributed by atoms with Crippen LogP contribution in [0.15, 0.2) is 58.5 Å². The smallest absolute Gasteiger partial charge is 0.260 e. The largest absolute Gasteiger partial charge is 0.335 e. The lowest BCUT2D eigenvalue weighted by molar-refractivity contribution is 0.848. The fourth-order valence-electron chi connectivity index (χ4n) is 3.63. The second kappa shape index (κ2) is 8.66. The number of aryl methyl sites for hydroxylation is 2. The molecule has 0 saturated heterocycles. The zero-order valence-corrected chi connectivity index (χ0v) is 20.2. The Kier molecular flexibility index (Phi) is 5.69. The molecule has 166 valence electrons. The number of rotatable bonds is 5. The number of thioether (sulfide) groups is 1. The van der Waals surface area contributed by atoms with Gasteiger partial charge in [0.05, 0.1) is 16.2 Å². The van der Waals surface area contributed by atoms with E-state index in [2.05, 4.69) is 15.2 Å². The molecule has 7 nitrogen and oxygen atoms in total. The molecule has 33 heavy (non-hydrogen) atoms. The molecule has 3 N–H and O–H groups in total. The quantitative estimate of drug-likeness (QED) is 0.257. The Balaban J connectivity index is 1.44. The predicted octanol–water partition coefficient (Wildman–Crippen LogP) is 5.19. The number of nitrogen functional groups attached to an aromatic ring is 1. The average Bonchev–Trinajstić information content (AvgIpc) is 3.32. The number of fused-ring (bicyclic) bond motifs is 1. The third-order valence-electron chi connectivity index (χ3n) is 5.24. The Morgan fingerprint density at radius 3 is 2.64 bits per heavy atom. The first-order chi connectivity index (χ1) is 15.9. The first-order valence-electron chi connectivity index (χ1n) is 10.1. The van der Waals surface area contributed by atoms with Gasteiger partial charge in [-0.2, -0.15) is 0 Å². The first-order valence-corrected chi connectivity index (χ1v) is 12.3. The number of H-pyrrole nitrogens is 1. The molecule has 0 aliphatic heterocycles. The molecule has 10 heteroatoms. The fourth-order valence-corrected chi connectivity index (χ4v) is 5.65. The van der Waals surface area contributed by atoms with Crippen molar-refractivity contribution < 1.29 is 0 Å². The Labute approximate surface area is 202 Å². The van der Waals surface area contributed by atoms with Crippen molar-refractivity contribution in [2.75, 3.05) is 5.84 Å². The van der Waals surface area contributed by atoms with Crippen LogP contribution in [0.1, 0.15) is 16.3 Å². The highest BCUT2D eigenvalue weighted by atomic mass is 35.5. The molecule has 0 bridgehead atoms. The van der Waals surface area contributed by atoms with Crippen molar-refractivity contribution in [2.45, 2.75) is 24.8 Å². The number of nitrogens with two attached hydrogens (primary N) is 1. The van der Waals surface area contributed by atoms with Gasteiger partial charge in [-0.1, -0.05) is 65.3 Å². The van der Waals surface area contributed by atoms with Crippen molar-refractivity contribution in [2.24, 2.45) is 0 Å². The van der Waals surface area contributed by atoms with Gasteiger partial charge in [0.2, 0.25) is 5.16 Å². The molecule has 0 radical (unpaired) electrons. The maximum atomic E-state index is 13.0. The number of halogens is 1. The van der Waals surface area contributed by atoms with Gasteiger partial charge in [0.25, 0.3) is 5.56 Å². The van der Waals surface area contributed by atoms with Crippen molar-refractivity contribution in [3.63, 3.8) is 0 Å². The average molecular weight is 495 g/mol. The lowest BCUT2D eigenvalue weighted by atomic mass is 10.0. The highest BCUT2D eigenvalue weighted by Gasteiger charge is 2.18. The fraction of sp³-hybridized carbons (Fsp3) is 0.130. The van der Waals surface area contributed by atoms with E-state index in [0.29, 0.717) is 43.4 Å². The molecule has 5 aromatic rings. The Morgan fingerprint density at radius 1 is 1.12 bits per heavy atom. The van der Waals surface area contributed by atoms with Gasteiger partial charge in [-0.25, -0.2) is 9.66 Å². The first kappa shape index (κ1) is 21.7. The van der Waals surface area contributed by atoms with Gasteiger partial charge < -0.3 is 10.8 Å². The number of benzene rings is 2. The van der Waals surface area contributed by atoms with Gasteiger partial charge in [0.1, 0.15) is 10.7 Å². The van der Waals surface area contributed by atoms with E-state index in [1.54, 1.807) is 6.07 Å². The summed E-state index contributed by atoms with van der Waals surface area (Å²) in [7, 11) is 0. The van der Waals surface area contributed by atoms with Crippen LogP contribution in [0.5, 0.6) is 0 Å². The number of nitrogens with one attached hydrogen (secondary N) is 1. The minimum Gasteiger partial charge on any atom is -0.335 e. The van der Waals surface area contributed by atoms with Gasteiger partial charge in [-0.3, -0.25) is 4.79 Å². The van der Waals surface area contributed by atoms with Crippen LogP contribution in [-0.2, 0) is 5.75 Å². The second-order valence-corrected chi connectivity index (χ2v) is 10.1. The molecular weight excluding hydrogens is 476 g/mol. The van der Waals surface area contributed by atoms with E-state index in [-0.39, 0.29) is 5.56 Å². The van der Waals surface area contributed by atoms with E-state index in [9.17, 15) is 4.79 Å². The number of aromatic nitrogens is 5. The predicted molar refractivity (Wildman–Crippen MR) is 135 cm³/mol. The summed E-state index contributed by atoms with van der Waals surface area (Å²) in [6.07, 6.45) is 0. The molecule has 0 spiro atoms. The highest BCUT2D eigenvalue weighted by Crippen LogP contribution is 2.36. The topological polar surface area (TPSA) is 102 Å². The zero-order chi connectivity index (χ0) is 23.1. The van der Waals surface area contributed by atoms with Crippen LogP contribution in [0, 0.1) is 13.8 Å². The van der Waals surface area contributed by atoms with Gasteiger partial charge >= 0.3 is 0 Å². The maximum absolute atomic E-state index is 13.0. The van der Waals surface area contributed by atoms with Gasteiger partial charge in [0, 0.05) is 16.0 Å². The van der Waals surface area contributed by atoms with Gasteiger partial charge in [-0.05, 0) is 31.5 Å². The van der Waals surface area contributed by atoms with E-state index >= 15 is 0 Å². The molecular formula is C23H19ClN6OS2. The van der Waals surface area contributed by atoms with E-state index in [1.807, 2.05) is 56.3 Å². The van der Waals surface area contributed by atoms with Crippen molar-refractivity contribution in [3.05, 3.63) is 80.2 Å². The Bertz CT molecular complexity index is 1540. The standard InChI is InChI=1S/C23H19ClN6OS2/c1-12-7-9-14(10-8-12)18-13(2)33-22-19(18)21(31)26-17(27-22)11-32-23-29-28-20(30(23)25)15-5-3-4-6-16(15)24/h3-10H,11,25H2,1-2H3,(H,26,27,31). The normalized spacial score (nSPS) is 11.4. The minimum atomic E-state index is -0.151. The summed E-state index contributed by atoms with van der Waals surface area (Å²) in [6, 6.07) is 15.5.